The van der Waals surface area contributed by atoms with Crippen LogP contribution in [0, 0.1) is 0 Å². The minimum atomic E-state index is -1.98. The first-order chi connectivity index (χ1) is 8.04. The van der Waals surface area contributed by atoms with Gasteiger partial charge in [-0.2, -0.15) is 0 Å². The zero-order chi connectivity index (χ0) is 13.1. The van der Waals surface area contributed by atoms with E-state index in [0.29, 0.717) is 13.2 Å². The number of unbranched alkanes of at least 4 members (excludes halogenated alkanes) is 1. The van der Waals surface area contributed by atoms with Crippen molar-refractivity contribution in [2.45, 2.75) is 51.8 Å². The molecule has 17 heavy (non-hydrogen) atoms. The van der Waals surface area contributed by atoms with Crippen LogP contribution in [0.4, 0.5) is 0 Å². The third-order valence-corrected chi connectivity index (χ3v) is 5.56. The largest absolute Gasteiger partial charge is 0.398 e. The predicted molar refractivity (Wildman–Crippen MR) is 71.4 cm³/mol. The van der Waals surface area contributed by atoms with E-state index >= 15 is 0 Å². The second kappa shape index (κ2) is 10.0. The highest BCUT2D eigenvalue weighted by molar-refractivity contribution is 6.65. The molecule has 0 saturated heterocycles. The molecular formula is C12H28O4Si. The van der Waals surface area contributed by atoms with Gasteiger partial charge in [0.25, 0.3) is 0 Å². The summed E-state index contributed by atoms with van der Waals surface area (Å²) in [6.07, 6.45) is 2.77. The van der Waals surface area contributed by atoms with Crippen molar-refractivity contribution in [3.05, 3.63) is 0 Å². The van der Waals surface area contributed by atoms with Crippen molar-refractivity contribution in [2.24, 2.45) is 0 Å². The van der Waals surface area contributed by atoms with E-state index in [-0.39, 0.29) is 6.10 Å². The second-order valence-electron chi connectivity index (χ2n) is 4.57. The molecule has 104 valence electrons. The first-order valence-corrected chi connectivity index (χ1v) is 9.01. The molecule has 0 spiro atoms. The van der Waals surface area contributed by atoms with Crippen molar-refractivity contribution < 1.29 is 18.7 Å². The van der Waals surface area contributed by atoms with Crippen LogP contribution in [0.3, 0.4) is 0 Å². The number of ether oxygens (including phenoxy) is 1. The van der Waals surface area contributed by atoms with E-state index in [1.165, 1.54) is 0 Å². The normalized spacial score (nSPS) is 16.8. The third-order valence-electron chi connectivity index (χ3n) is 2.62. The lowest BCUT2D eigenvalue weighted by Gasteiger charge is -2.25. The van der Waals surface area contributed by atoms with Crippen LogP contribution in [0.25, 0.3) is 0 Å². The quantitative estimate of drug-likeness (QED) is 0.459. The number of aliphatic hydroxyl groups is 1. The lowest BCUT2D eigenvalue weighted by atomic mass is 10.4. The van der Waals surface area contributed by atoms with Crippen LogP contribution in [0.15, 0.2) is 0 Å². The van der Waals surface area contributed by atoms with Crippen LogP contribution in [0.5, 0.6) is 0 Å². The van der Waals surface area contributed by atoms with Crippen LogP contribution < -0.4 is 0 Å². The summed E-state index contributed by atoms with van der Waals surface area (Å²) in [6.45, 7) is 7.83. The summed E-state index contributed by atoms with van der Waals surface area (Å²) in [6, 6.07) is 0.938. The fourth-order valence-electron chi connectivity index (χ4n) is 1.41. The standard InChI is InChI=1S/C12H28O4Si/c1-5-6-9-16-17(4,14-3)10-7-8-15-11-12(2)13/h12-13H,5-11H2,1-4H3. The first-order valence-electron chi connectivity index (χ1n) is 6.49. The van der Waals surface area contributed by atoms with E-state index in [1.807, 2.05) is 0 Å². The van der Waals surface area contributed by atoms with E-state index in [1.54, 1.807) is 14.0 Å². The van der Waals surface area contributed by atoms with Crippen LogP contribution in [-0.4, -0.2) is 46.7 Å². The predicted octanol–water partition coefficient (Wildman–Crippen LogP) is 2.31. The molecule has 4 nitrogen and oxygen atoms in total. The molecule has 0 bridgehead atoms. The van der Waals surface area contributed by atoms with Gasteiger partial charge in [-0.1, -0.05) is 13.3 Å². The van der Waals surface area contributed by atoms with Crippen molar-refractivity contribution in [1.82, 2.24) is 0 Å². The Morgan fingerprint density at radius 2 is 1.94 bits per heavy atom. The molecule has 1 N–H and O–H groups in total. The molecule has 0 aliphatic carbocycles. The van der Waals surface area contributed by atoms with Crippen molar-refractivity contribution >= 4 is 8.56 Å². The fourth-order valence-corrected chi connectivity index (χ4v) is 3.24. The minimum absolute atomic E-state index is 0.387. The highest BCUT2D eigenvalue weighted by Gasteiger charge is 2.29. The van der Waals surface area contributed by atoms with E-state index in [4.69, 9.17) is 18.7 Å². The Balaban J connectivity index is 3.64. The molecule has 0 saturated carbocycles. The van der Waals surface area contributed by atoms with Gasteiger partial charge in [0.05, 0.1) is 12.7 Å². The van der Waals surface area contributed by atoms with Gasteiger partial charge in [-0.3, -0.25) is 0 Å². The van der Waals surface area contributed by atoms with Crippen LogP contribution in [0.2, 0.25) is 12.6 Å². The molecule has 0 rings (SSSR count). The highest BCUT2D eigenvalue weighted by atomic mass is 28.4. The molecule has 2 unspecified atom stereocenters. The van der Waals surface area contributed by atoms with Crippen molar-refractivity contribution in [1.29, 1.82) is 0 Å². The van der Waals surface area contributed by atoms with E-state index in [9.17, 15) is 0 Å². The molecule has 0 heterocycles. The molecule has 0 fully saturated rings. The SMILES string of the molecule is CCCCO[Si](C)(CCCOCC(C)O)OC. The van der Waals surface area contributed by atoms with Gasteiger partial charge in [0, 0.05) is 20.3 Å². The molecule has 0 aliphatic rings. The number of hydrogen-bond donors (Lipinski definition) is 1. The Kier molecular flexibility index (Phi) is 10.1. The number of aliphatic hydroxyl groups excluding tert-OH is 1. The summed E-state index contributed by atoms with van der Waals surface area (Å²) in [5, 5.41) is 9.04. The number of hydrogen-bond acceptors (Lipinski definition) is 4. The van der Waals surface area contributed by atoms with Crippen molar-refractivity contribution in [3.8, 4) is 0 Å². The Morgan fingerprint density at radius 3 is 2.47 bits per heavy atom. The summed E-state index contributed by atoms with van der Waals surface area (Å²) in [7, 11) is -0.249. The maximum Gasteiger partial charge on any atom is 0.334 e. The molecule has 0 radical (unpaired) electrons. The van der Waals surface area contributed by atoms with Gasteiger partial charge in [0.1, 0.15) is 0 Å². The maximum absolute atomic E-state index is 9.04. The molecule has 5 heteroatoms. The molecule has 0 amide bonds. The van der Waals surface area contributed by atoms with Gasteiger partial charge in [-0.05, 0) is 32.4 Å². The molecule has 0 aromatic heterocycles. The Bertz CT molecular complexity index is 178. The maximum atomic E-state index is 9.04. The fraction of sp³-hybridized carbons (Fsp3) is 1.00. The van der Waals surface area contributed by atoms with Gasteiger partial charge in [-0.25, -0.2) is 0 Å². The lowest BCUT2D eigenvalue weighted by molar-refractivity contribution is 0.0456. The van der Waals surface area contributed by atoms with Crippen LogP contribution in [-0.2, 0) is 13.6 Å². The smallest absolute Gasteiger partial charge is 0.334 e. The minimum Gasteiger partial charge on any atom is -0.398 e. The Labute approximate surface area is 107 Å². The molecular weight excluding hydrogens is 236 g/mol. The van der Waals surface area contributed by atoms with Gasteiger partial charge >= 0.3 is 8.56 Å². The van der Waals surface area contributed by atoms with Crippen molar-refractivity contribution in [3.63, 3.8) is 0 Å². The van der Waals surface area contributed by atoms with Gasteiger partial charge in [-0.15, -0.1) is 0 Å². The summed E-state index contributed by atoms with van der Waals surface area (Å²) < 4.78 is 16.7. The number of rotatable bonds is 11. The van der Waals surface area contributed by atoms with Crippen LogP contribution in [0.1, 0.15) is 33.1 Å². The average molecular weight is 264 g/mol. The van der Waals surface area contributed by atoms with E-state index < -0.39 is 8.56 Å². The summed E-state index contributed by atoms with van der Waals surface area (Å²) in [4.78, 5) is 0. The summed E-state index contributed by atoms with van der Waals surface area (Å²) in [5.74, 6) is 0. The average Bonchev–Trinajstić information content (AvgIpc) is 2.28. The topological polar surface area (TPSA) is 47.9 Å². The lowest BCUT2D eigenvalue weighted by Crippen LogP contribution is -2.38. The first kappa shape index (κ1) is 17.1. The molecule has 0 aliphatic heterocycles. The zero-order valence-corrected chi connectivity index (χ0v) is 12.7. The van der Waals surface area contributed by atoms with Crippen LogP contribution >= 0.6 is 0 Å². The Hall–Kier alpha value is 0.0569. The third kappa shape index (κ3) is 9.73. The van der Waals surface area contributed by atoms with Gasteiger partial charge in [0.15, 0.2) is 0 Å². The second-order valence-corrected chi connectivity index (χ2v) is 8.03. The summed E-state index contributed by atoms with van der Waals surface area (Å²) in [5.41, 5.74) is 0. The monoisotopic (exact) mass is 264 g/mol. The van der Waals surface area contributed by atoms with Gasteiger partial charge < -0.3 is 18.7 Å². The van der Waals surface area contributed by atoms with E-state index in [2.05, 4.69) is 13.5 Å². The molecule has 2 atom stereocenters. The van der Waals surface area contributed by atoms with E-state index in [0.717, 1.165) is 31.9 Å². The zero-order valence-electron chi connectivity index (χ0n) is 11.7. The van der Waals surface area contributed by atoms with Crippen molar-refractivity contribution in [2.75, 3.05) is 26.9 Å². The highest BCUT2D eigenvalue weighted by Crippen LogP contribution is 2.15. The van der Waals surface area contributed by atoms with Gasteiger partial charge in [0.2, 0.25) is 0 Å². The molecule has 0 aromatic rings. The molecule has 0 aromatic carbocycles. The summed E-state index contributed by atoms with van der Waals surface area (Å²) >= 11 is 0. The Morgan fingerprint density at radius 1 is 1.24 bits per heavy atom.